The molecule has 168 valence electrons. The summed E-state index contributed by atoms with van der Waals surface area (Å²) in [5.74, 6) is 0.341. The van der Waals surface area contributed by atoms with Crippen LogP contribution in [0.5, 0.6) is 0 Å². The molecule has 1 fully saturated rings. The number of nitrogens with one attached hydrogen (secondary N) is 2. The zero-order valence-electron chi connectivity index (χ0n) is 17.9. The fraction of sp³-hybridized carbons (Fsp3) is 0.250. The highest BCUT2D eigenvalue weighted by atomic mass is 35.5. The third-order valence-electron chi connectivity index (χ3n) is 5.89. The second-order valence-corrected chi connectivity index (χ2v) is 8.66. The molecule has 1 saturated carbocycles. The standard InChI is InChI=1S/C24H24ClN7O/c25-19-12-28-24(30-17-8-6-16(26)7-9-17)31-22(19)20-13-27-21-11-10-18(14-32(20)21)29-23(33)15-4-2-1-3-5-15/h1-5,10-14,16-17H,6-9,26H2,(H,29,33)(H,28,30,31). The van der Waals surface area contributed by atoms with E-state index in [9.17, 15) is 4.79 Å². The number of aromatic nitrogens is 4. The minimum atomic E-state index is -0.185. The normalized spacial score (nSPS) is 18.2. The van der Waals surface area contributed by atoms with Gasteiger partial charge in [-0.2, -0.15) is 0 Å². The van der Waals surface area contributed by atoms with Crippen LogP contribution in [-0.4, -0.2) is 37.3 Å². The summed E-state index contributed by atoms with van der Waals surface area (Å²) in [6, 6.07) is 13.3. The number of rotatable bonds is 5. The number of pyridine rings is 1. The van der Waals surface area contributed by atoms with Crippen molar-refractivity contribution >= 4 is 34.8 Å². The quantitative estimate of drug-likeness (QED) is 0.407. The number of halogens is 1. The SMILES string of the molecule is NC1CCC(Nc2ncc(Cl)c(-c3cnc4ccc(NC(=O)c5ccccc5)cn34)n2)CC1. The van der Waals surface area contributed by atoms with E-state index in [0.29, 0.717) is 45.3 Å². The van der Waals surface area contributed by atoms with Crippen molar-refractivity contribution < 1.29 is 4.79 Å². The Hall–Kier alpha value is -3.49. The molecule has 0 aliphatic heterocycles. The third kappa shape index (κ3) is 4.67. The zero-order valence-corrected chi connectivity index (χ0v) is 18.7. The van der Waals surface area contributed by atoms with Gasteiger partial charge in [0.15, 0.2) is 0 Å². The van der Waals surface area contributed by atoms with Gasteiger partial charge in [0.05, 0.1) is 28.8 Å². The van der Waals surface area contributed by atoms with Gasteiger partial charge < -0.3 is 16.4 Å². The summed E-state index contributed by atoms with van der Waals surface area (Å²) in [5.41, 5.74) is 9.23. The minimum absolute atomic E-state index is 0.185. The van der Waals surface area contributed by atoms with Crippen molar-refractivity contribution in [2.75, 3.05) is 10.6 Å². The Balaban J connectivity index is 1.42. The first-order chi connectivity index (χ1) is 16.1. The van der Waals surface area contributed by atoms with Crippen LogP contribution < -0.4 is 16.4 Å². The van der Waals surface area contributed by atoms with Gasteiger partial charge >= 0.3 is 0 Å². The van der Waals surface area contributed by atoms with Crippen molar-refractivity contribution in [3.63, 3.8) is 0 Å². The molecule has 5 rings (SSSR count). The number of nitrogens with two attached hydrogens (primary N) is 1. The molecule has 33 heavy (non-hydrogen) atoms. The van der Waals surface area contributed by atoms with Crippen LogP contribution in [0.2, 0.25) is 5.02 Å². The molecule has 0 radical (unpaired) electrons. The van der Waals surface area contributed by atoms with E-state index in [1.807, 2.05) is 40.9 Å². The number of benzene rings is 1. The average Bonchev–Trinajstić information content (AvgIpc) is 3.25. The van der Waals surface area contributed by atoms with Gasteiger partial charge in [-0.1, -0.05) is 29.8 Å². The van der Waals surface area contributed by atoms with Crippen LogP contribution >= 0.6 is 11.6 Å². The van der Waals surface area contributed by atoms with Gasteiger partial charge in [0.25, 0.3) is 5.91 Å². The van der Waals surface area contributed by atoms with Gasteiger partial charge in [-0.3, -0.25) is 9.20 Å². The summed E-state index contributed by atoms with van der Waals surface area (Å²) in [6.45, 7) is 0. The molecule has 1 amide bonds. The largest absolute Gasteiger partial charge is 0.351 e. The second kappa shape index (κ2) is 9.17. The summed E-state index contributed by atoms with van der Waals surface area (Å²) in [4.78, 5) is 26.1. The van der Waals surface area contributed by atoms with Crippen LogP contribution in [0.1, 0.15) is 36.0 Å². The Morgan fingerprint density at radius 1 is 1.03 bits per heavy atom. The number of fused-ring (bicyclic) bond motifs is 1. The molecule has 9 heteroatoms. The number of nitrogens with zero attached hydrogens (tertiary/aromatic N) is 4. The van der Waals surface area contributed by atoms with Crippen LogP contribution in [-0.2, 0) is 0 Å². The topological polar surface area (TPSA) is 110 Å². The zero-order chi connectivity index (χ0) is 22.8. The first-order valence-electron chi connectivity index (χ1n) is 11.0. The van der Waals surface area contributed by atoms with E-state index in [0.717, 1.165) is 25.7 Å². The monoisotopic (exact) mass is 461 g/mol. The number of carbonyl (C=O) groups excluding carboxylic acids is 1. The van der Waals surface area contributed by atoms with Crippen molar-refractivity contribution in [1.82, 2.24) is 19.4 Å². The summed E-state index contributed by atoms with van der Waals surface area (Å²) in [6.07, 6.45) is 9.08. The number of hydrogen-bond donors (Lipinski definition) is 3. The van der Waals surface area contributed by atoms with Crippen LogP contribution in [0.4, 0.5) is 11.6 Å². The highest BCUT2D eigenvalue weighted by Crippen LogP contribution is 2.29. The summed E-state index contributed by atoms with van der Waals surface area (Å²) < 4.78 is 1.86. The maximum Gasteiger partial charge on any atom is 0.255 e. The Kier molecular flexibility index (Phi) is 5.93. The number of amides is 1. The van der Waals surface area contributed by atoms with E-state index in [4.69, 9.17) is 17.3 Å². The van der Waals surface area contributed by atoms with Crippen molar-refractivity contribution in [2.45, 2.75) is 37.8 Å². The molecule has 1 aliphatic rings. The van der Waals surface area contributed by atoms with Gasteiger partial charge in [-0.25, -0.2) is 15.0 Å². The van der Waals surface area contributed by atoms with Gasteiger partial charge in [-0.05, 0) is 49.9 Å². The molecule has 3 aromatic heterocycles. The maximum atomic E-state index is 12.6. The minimum Gasteiger partial charge on any atom is -0.351 e. The predicted octanol–water partition coefficient (Wildman–Crippen LogP) is 4.38. The highest BCUT2D eigenvalue weighted by Gasteiger charge is 2.20. The van der Waals surface area contributed by atoms with Crippen molar-refractivity contribution in [3.05, 3.63) is 71.6 Å². The summed E-state index contributed by atoms with van der Waals surface area (Å²) >= 11 is 6.47. The Morgan fingerprint density at radius 2 is 1.82 bits per heavy atom. The smallest absolute Gasteiger partial charge is 0.255 e. The molecular formula is C24H24ClN7O. The number of anilines is 2. The molecule has 1 aliphatic carbocycles. The lowest BCUT2D eigenvalue weighted by molar-refractivity contribution is 0.102. The molecule has 0 spiro atoms. The molecule has 4 N–H and O–H groups in total. The van der Waals surface area contributed by atoms with Crippen LogP contribution in [0.3, 0.4) is 0 Å². The number of imidazole rings is 1. The van der Waals surface area contributed by atoms with E-state index < -0.39 is 0 Å². The Labute approximate surface area is 196 Å². The van der Waals surface area contributed by atoms with E-state index in [-0.39, 0.29) is 11.9 Å². The number of carbonyl (C=O) groups is 1. The molecule has 1 aromatic carbocycles. The summed E-state index contributed by atoms with van der Waals surface area (Å²) in [5, 5.41) is 6.76. The van der Waals surface area contributed by atoms with E-state index in [2.05, 4.69) is 25.6 Å². The molecule has 3 heterocycles. The fourth-order valence-electron chi connectivity index (χ4n) is 4.08. The van der Waals surface area contributed by atoms with Crippen molar-refractivity contribution in [3.8, 4) is 11.4 Å². The van der Waals surface area contributed by atoms with Crippen LogP contribution in [0.25, 0.3) is 17.0 Å². The van der Waals surface area contributed by atoms with Crippen molar-refractivity contribution in [1.29, 1.82) is 0 Å². The van der Waals surface area contributed by atoms with Gasteiger partial charge in [-0.15, -0.1) is 0 Å². The lowest BCUT2D eigenvalue weighted by Gasteiger charge is -2.26. The van der Waals surface area contributed by atoms with Gasteiger partial charge in [0.1, 0.15) is 11.3 Å². The lowest BCUT2D eigenvalue weighted by atomic mass is 9.92. The molecule has 0 unspecified atom stereocenters. The van der Waals surface area contributed by atoms with Crippen LogP contribution in [0.15, 0.2) is 61.1 Å². The van der Waals surface area contributed by atoms with E-state index in [1.165, 1.54) is 0 Å². The van der Waals surface area contributed by atoms with E-state index >= 15 is 0 Å². The molecule has 0 saturated heterocycles. The van der Waals surface area contributed by atoms with Crippen molar-refractivity contribution in [2.24, 2.45) is 5.73 Å². The summed E-state index contributed by atoms with van der Waals surface area (Å²) in [7, 11) is 0. The van der Waals surface area contributed by atoms with Gasteiger partial charge in [0, 0.05) is 23.8 Å². The second-order valence-electron chi connectivity index (χ2n) is 8.26. The van der Waals surface area contributed by atoms with Crippen LogP contribution in [0, 0.1) is 0 Å². The average molecular weight is 462 g/mol. The number of hydrogen-bond acceptors (Lipinski definition) is 6. The first kappa shape index (κ1) is 21.4. The third-order valence-corrected chi connectivity index (χ3v) is 6.17. The highest BCUT2D eigenvalue weighted by molar-refractivity contribution is 6.32. The molecule has 4 aromatic rings. The fourth-order valence-corrected chi connectivity index (χ4v) is 4.27. The molecule has 0 atom stereocenters. The Bertz CT molecular complexity index is 1280. The predicted molar refractivity (Wildman–Crippen MR) is 129 cm³/mol. The van der Waals surface area contributed by atoms with Gasteiger partial charge in [0.2, 0.25) is 5.95 Å². The maximum absolute atomic E-state index is 12.6. The Morgan fingerprint density at radius 3 is 2.61 bits per heavy atom. The van der Waals surface area contributed by atoms with E-state index in [1.54, 1.807) is 24.5 Å². The molecular weight excluding hydrogens is 438 g/mol. The molecule has 8 nitrogen and oxygen atoms in total. The lowest BCUT2D eigenvalue weighted by Crippen LogP contribution is -2.33. The molecule has 0 bridgehead atoms. The first-order valence-corrected chi connectivity index (χ1v) is 11.3.